The monoisotopic (exact) mass is 227 g/mol. The summed E-state index contributed by atoms with van der Waals surface area (Å²) in [6, 6.07) is 4.36. The van der Waals surface area contributed by atoms with E-state index in [0.717, 1.165) is 0 Å². The van der Waals surface area contributed by atoms with Gasteiger partial charge in [-0.1, -0.05) is 6.58 Å². The molecule has 3 nitrogen and oxygen atoms in total. The molecule has 0 spiro atoms. The number of hydrogen-bond acceptors (Lipinski definition) is 3. The summed E-state index contributed by atoms with van der Waals surface area (Å²) in [4.78, 5) is 11.1. The highest BCUT2D eigenvalue weighted by Crippen LogP contribution is 2.23. The van der Waals surface area contributed by atoms with Gasteiger partial charge >= 0.3 is 5.97 Å². The van der Waals surface area contributed by atoms with Gasteiger partial charge in [-0.15, -0.1) is 11.8 Å². The van der Waals surface area contributed by atoms with Crippen molar-refractivity contribution in [2.24, 2.45) is 0 Å². The average molecular weight is 227 g/mol. The first kappa shape index (κ1) is 11.6. The maximum atomic E-state index is 13.0. The molecular formula is C10H10FNO2S. The van der Waals surface area contributed by atoms with Crippen molar-refractivity contribution in [1.82, 2.24) is 0 Å². The normalized spacial score (nSPS) is 9.93. The van der Waals surface area contributed by atoms with Gasteiger partial charge in [0.1, 0.15) is 5.82 Å². The molecular weight excluding hydrogens is 217 g/mol. The maximum absolute atomic E-state index is 13.0. The smallest absolute Gasteiger partial charge is 0.331 e. The Kier molecular flexibility index (Phi) is 3.74. The van der Waals surface area contributed by atoms with E-state index in [1.54, 1.807) is 6.07 Å². The van der Waals surface area contributed by atoms with Crippen molar-refractivity contribution in [1.29, 1.82) is 0 Å². The average Bonchev–Trinajstić information content (AvgIpc) is 2.19. The molecule has 15 heavy (non-hydrogen) atoms. The van der Waals surface area contributed by atoms with Gasteiger partial charge < -0.3 is 10.8 Å². The number of carboxylic acid groups (broad SMARTS) is 1. The van der Waals surface area contributed by atoms with E-state index in [9.17, 15) is 9.18 Å². The molecule has 0 aliphatic heterocycles. The molecule has 0 radical (unpaired) electrons. The minimum absolute atomic E-state index is 0.0800. The Hall–Kier alpha value is -1.49. The first-order chi connectivity index (χ1) is 7.00. The van der Waals surface area contributed by atoms with Gasteiger partial charge in [0.2, 0.25) is 0 Å². The van der Waals surface area contributed by atoms with Gasteiger partial charge in [0.25, 0.3) is 0 Å². The number of carboxylic acids is 1. The summed E-state index contributed by atoms with van der Waals surface area (Å²) in [6.07, 6.45) is 0. The maximum Gasteiger partial charge on any atom is 0.331 e. The predicted octanol–water partition coefficient (Wildman–Crippen LogP) is 2.14. The molecule has 1 aromatic carbocycles. The number of aliphatic carboxylic acids is 1. The number of anilines is 1. The second-order valence-electron chi connectivity index (χ2n) is 2.88. The van der Waals surface area contributed by atoms with E-state index in [-0.39, 0.29) is 17.0 Å². The van der Waals surface area contributed by atoms with Gasteiger partial charge in [0, 0.05) is 16.2 Å². The van der Waals surface area contributed by atoms with Gasteiger partial charge in [-0.2, -0.15) is 0 Å². The Morgan fingerprint density at radius 1 is 1.60 bits per heavy atom. The third kappa shape index (κ3) is 3.28. The molecule has 5 heteroatoms. The Labute approximate surface area is 90.8 Å². The van der Waals surface area contributed by atoms with Crippen LogP contribution in [0.1, 0.15) is 0 Å². The zero-order valence-electron chi connectivity index (χ0n) is 7.87. The first-order valence-corrected chi connectivity index (χ1v) is 5.08. The molecule has 3 N–H and O–H groups in total. The third-order valence-electron chi connectivity index (χ3n) is 1.69. The Morgan fingerprint density at radius 2 is 2.27 bits per heavy atom. The van der Waals surface area contributed by atoms with Crippen LogP contribution in [0.5, 0.6) is 0 Å². The van der Waals surface area contributed by atoms with Crippen molar-refractivity contribution in [3.63, 3.8) is 0 Å². The highest BCUT2D eigenvalue weighted by molar-refractivity contribution is 7.99. The molecule has 0 saturated heterocycles. The number of thioether (sulfide) groups is 1. The molecule has 0 aliphatic carbocycles. The SMILES string of the molecule is C=C(CSc1ccc(N)c(F)c1)C(=O)O. The van der Waals surface area contributed by atoms with Crippen LogP contribution in [0, 0.1) is 5.82 Å². The molecule has 0 unspecified atom stereocenters. The molecule has 1 rings (SSSR count). The first-order valence-electron chi connectivity index (χ1n) is 4.09. The molecule has 0 aromatic heterocycles. The summed E-state index contributed by atoms with van der Waals surface area (Å²) in [7, 11) is 0. The lowest BCUT2D eigenvalue weighted by Crippen LogP contribution is -2.01. The minimum atomic E-state index is -1.04. The van der Waals surface area contributed by atoms with Crippen LogP contribution < -0.4 is 5.73 Å². The van der Waals surface area contributed by atoms with E-state index in [2.05, 4.69) is 6.58 Å². The fourth-order valence-corrected chi connectivity index (χ4v) is 1.65. The lowest BCUT2D eigenvalue weighted by atomic mass is 10.3. The second-order valence-corrected chi connectivity index (χ2v) is 3.93. The summed E-state index contributed by atoms with van der Waals surface area (Å²) in [5, 5.41) is 8.55. The van der Waals surface area contributed by atoms with Crippen LogP contribution in [0.25, 0.3) is 0 Å². The van der Waals surface area contributed by atoms with Gasteiger partial charge in [0.05, 0.1) is 5.69 Å². The van der Waals surface area contributed by atoms with Gasteiger partial charge in [-0.05, 0) is 18.2 Å². The van der Waals surface area contributed by atoms with Crippen LogP contribution in [0.4, 0.5) is 10.1 Å². The highest BCUT2D eigenvalue weighted by atomic mass is 32.2. The molecule has 0 saturated carbocycles. The molecule has 0 heterocycles. The second kappa shape index (κ2) is 4.84. The molecule has 0 atom stereocenters. The zero-order valence-corrected chi connectivity index (χ0v) is 8.68. The summed E-state index contributed by atoms with van der Waals surface area (Å²) < 4.78 is 13.0. The van der Waals surface area contributed by atoms with E-state index in [1.807, 2.05) is 0 Å². The van der Waals surface area contributed by atoms with Crippen molar-refractivity contribution in [3.8, 4) is 0 Å². The summed E-state index contributed by atoms with van der Waals surface area (Å²) in [5.41, 5.74) is 5.46. The summed E-state index contributed by atoms with van der Waals surface area (Å²) in [6.45, 7) is 3.37. The zero-order chi connectivity index (χ0) is 11.4. The summed E-state index contributed by atoms with van der Waals surface area (Å²) in [5.74, 6) is -1.32. The standard InChI is InChI=1S/C10H10FNO2S/c1-6(10(13)14)5-15-7-2-3-9(12)8(11)4-7/h2-4H,1,5,12H2,(H,13,14). The van der Waals surface area contributed by atoms with Crippen molar-refractivity contribution in [3.05, 3.63) is 36.2 Å². The topological polar surface area (TPSA) is 63.3 Å². The molecule has 0 fully saturated rings. The van der Waals surface area contributed by atoms with Crippen LogP contribution in [0.3, 0.4) is 0 Å². The van der Waals surface area contributed by atoms with Crippen LogP contribution >= 0.6 is 11.8 Å². The number of rotatable bonds is 4. The number of nitrogens with two attached hydrogens (primary N) is 1. The molecule has 80 valence electrons. The van der Waals surface area contributed by atoms with Crippen LogP contribution in [0.2, 0.25) is 0 Å². The van der Waals surface area contributed by atoms with E-state index >= 15 is 0 Å². The highest BCUT2D eigenvalue weighted by Gasteiger charge is 2.06. The Balaban J connectivity index is 2.62. The molecule has 0 bridgehead atoms. The lowest BCUT2D eigenvalue weighted by Gasteiger charge is -2.02. The number of benzene rings is 1. The number of carbonyl (C=O) groups is 1. The number of hydrogen-bond donors (Lipinski definition) is 2. The Bertz CT molecular complexity index is 406. The predicted molar refractivity (Wildman–Crippen MR) is 58.3 cm³/mol. The fraction of sp³-hybridized carbons (Fsp3) is 0.100. The van der Waals surface area contributed by atoms with Gasteiger partial charge in [-0.25, -0.2) is 9.18 Å². The van der Waals surface area contributed by atoms with E-state index in [4.69, 9.17) is 10.8 Å². The molecule has 1 aromatic rings. The van der Waals surface area contributed by atoms with Crippen molar-refractivity contribution in [2.75, 3.05) is 11.5 Å². The minimum Gasteiger partial charge on any atom is -0.478 e. The largest absolute Gasteiger partial charge is 0.478 e. The summed E-state index contributed by atoms with van der Waals surface area (Å²) >= 11 is 1.20. The van der Waals surface area contributed by atoms with E-state index < -0.39 is 11.8 Å². The molecule has 0 amide bonds. The van der Waals surface area contributed by atoms with Crippen LogP contribution in [-0.4, -0.2) is 16.8 Å². The van der Waals surface area contributed by atoms with Crippen molar-refractivity contribution < 1.29 is 14.3 Å². The van der Waals surface area contributed by atoms with E-state index in [1.165, 1.54) is 23.9 Å². The van der Waals surface area contributed by atoms with Crippen LogP contribution in [-0.2, 0) is 4.79 Å². The van der Waals surface area contributed by atoms with Crippen LogP contribution in [0.15, 0.2) is 35.2 Å². The Morgan fingerprint density at radius 3 is 2.80 bits per heavy atom. The number of nitrogen functional groups attached to an aromatic ring is 1. The van der Waals surface area contributed by atoms with Gasteiger partial charge in [-0.3, -0.25) is 0 Å². The van der Waals surface area contributed by atoms with Crippen molar-refractivity contribution in [2.45, 2.75) is 4.90 Å². The fourth-order valence-electron chi connectivity index (χ4n) is 0.830. The lowest BCUT2D eigenvalue weighted by molar-refractivity contribution is -0.132. The quantitative estimate of drug-likeness (QED) is 0.470. The van der Waals surface area contributed by atoms with Gasteiger partial charge in [0.15, 0.2) is 0 Å². The number of halogens is 1. The van der Waals surface area contributed by atoms with Crippen molar-refractivity contribution >= 4 is 23.4 Å². The third-order valence-corrected chi connectivity index (χ3v) is 2.77. The molecule has 0 aliphatic rings. The van der Waals surface area contributed by atoms with E-state index in [0.29, 0.717) is 4.90 Å².